The van der Waals surface area contributed by atoms with Crippen molar-refractivity contribution >= 4 is 18.1 Å². The van der Waals surface area contributed by atoms with Gasteiger partial charge < -0.3 is 14.9 Å². The van der Waals surface area contributed by atoms with Crippen LogP contribution in [0, 0.1) is 5.82 Å². The molecule has 0 saturated carbocycles. The van der Waals surface area contributed by atoms with Crippen LogP contribution in [0.5, 0.6) is 11.5 Å². The largest absolute Gasteiger partial charge is 0.507 e. The highest BCUT2D eigenvalue weighted by Gasteiger charge is 2.16. The Bertz CT molecular complexity index is 964. The molecule has 0 bridgehead atoms. The summed E-state index contributed by atoms with van der Waals surface area (Å²) in [5, 5.41) is 19.5. The third kappa shape index (κ3) is 4.73. The molecule has 0 aliphatic rings. The van der Waals surface area contributed by atoms with Crippen molar-refractivity contribution in [3.05, 3.63) is 94.8 Å². The SMILES string of the molecule is O=C(O)c1c(O)cc(OCc2ccccc2)cc1C=Cc1ccc(F)cc1. The number of carbonyl (C=O) groups is 1. The number of hydrogen-bond acceptors (Lipinski definition) is 3. The number of phenols is 1. The number of carboxylic acid groups (broad SMARTS) is 1. The number of carboxylic acids is 1. The maximum absolute atomic E-state index is 13.0. The Labute approximate surface area is 155 Å². The summed E-state index contributed by atoms with van der Waals surface area (Å²) in [6, 6.07) is 18.1. The van der Waals surface area contributed by atoms with Crippen LogP contribution in [0.1, 0.15) is 27.0 Å². The summed E-state index contributed by atoms with van der Waals surface area (Å²) in [6.45, 7) is 0.286. The van der Waals surface area contributed by atoms with E-state index < -0.39 is 5.97 Å². The van der Waals surface area contributed by atoms with Crippen LogP contribution in [-0.2, 0) is 6.61 Å². The minimum absolute atomic E-state index is 0.222. The molecule has 0 fully saturated rings. The van der Waals surface area contributed by atoms with Gasteiger partial charge in [0.25, 0.3) is 0 Å². The molecular formula is C22H17FO4. The molecule has 0 radical (unpaired) electrons. The average Bonchev–Trinajstić information content (AvgIpc) is 2.66. The lowest BCUT2D eigenvalue weighted by molar-refractivity contribution is 0.0693. The van der Waals surface area contributed by atoms with Gasteiger partial charge in [0.15, 0.2) is 0 Å². The van der Waals surface area contributed by atoms with Gasteiger partial charge in [-0.15, -0.1) is 0 Å². The summed E-state index contributed by atoms with van der Waals surface area (Å²) in [6.07, 6.45) is 3.19. The highest BCUT2D eigenvalue weighted by molar-refractivity contribution is 5.96. The Morgan fingerprint density at radius 1 is 1.00 bits per heavy atom. The van der Waals surface area contributed by atoms with E-state index in [1.165, 1.54) is 18.2 Å². The van der Waals surface area contributed by atoms with Crippen LogP contribution < -0.4 is 4.74 Å². The second kappa shape index (κ2) is 8.19. The Kier molecular flexibility index (Phi) is 5.52. The Morgan fingerprint density at radius 2 is 1.70 bits per heavy atom. The highest BCUT2D eigenvalue weighted by Crippen LogP contribution is 2.30. The molecule has 3 aromatic carbocycles. The summed E-state index contributed by atoms with van der Waals surface area (Å²) in [5.41, 5.74) is 1.71. The molecule has 0 saturated heterocycles. The van der Waals surface area contributed by atoms with Crippen molar-refractivity contribution in [1.82, 2.24) is 0 Å². The molecule has 5 heteroatoms. The van der Waals surface area contributed by atoms with Gasteiger partial charge in [-0.05, 0) is 34.9 Å². The van der Waals surface area contributed by atoms with E-state index in [-0.39, 0.29) is 29.3 Å². The molecule has 0 aliphatic carbocycles. The van der Waals surface area contributed by atoms with E-state index in [2.05, 4.69) is 0 Å². The first-order valence-electron chi connectivity index (χ1n) is 8.23. The van der Waals surface area contributed by atoms with Crippen LogP contribution in [0.15, 0.2) is 66.7 Å². The summed E-state index contributed by atoms with van der Waals surface area (Å²) in [4.78, 5) is 11.5. The molecule has 0 aliphatic heterocycles. The van der Waals surface area contributed by atoms with E-state index in [1.54, 1.807) is 30.4 Å². The zero-order valence-electron chi connectivity index (χ0n) is 14.3. The molecule has 0 unspecified atom stereocenters. The van der Waals surface area contributed by atoms with Crippen LogP contribution >= 0.6 is 0 Å². The molecular weight excluding hydrogens is 347 g/mol. The first-order valence-corrected chi connectivity index (χ1v) is 8.23. The van der Waals surface area contributed by atoms with E-state index in [9.17, 15) is 19.4 Å². The fourth-order valence-electron chi connectivity index (χ4n) is 2.57. The van der Waals surface area contributed by atoms with Gasteiger partial charge >= 0.3 is 5.97 Å². The standard InChI is InChI=1S/C22H17FO4/c23-18-10-7-15(8-11-18)6-9-17-12-19(13-20(24)21(17)22(25)26)27-14-16-4-2-1-3-5-16/h1-13,24H,14H2,(H,25,26). The van der Waals surface area contributed by atoms with Crippen molar-refractivity contribution in [3.63, 3.8) is 0 Å². The van der Waals surface area contributed by atoms with E-state index in [1.807, 2.05) is 30.3 Å². The molecule has 0 aromatic heterocycles. The fraction of sp³-hybridized carbons (Fsp3) is 0.0455. The minimum Gasteiger partial charge on any atom is -0.507 e. The summed E-state index contributed by atoms with van der Waals surface area (Å²) < 4.78 is 18.7. The molecule has 0 atom stereocenters. The summed E-state index contributed by atoms with van der Waals surface area (Å²) >= 11 is 0. The van der Waals surface area contributed by atoms with E-state index in [4.69, 9.17) is 4.74 Å². The van der Waals surface area contributed by atoms with Crippen LogP contribution in [0.3, 0.4) is 0 Å². The minimum atomic E-state index is -1.25. The van der Waals surface area contributed by atoms with Crippen molar-refractivity contribution < 1.29 is 24.1 Å². The second-order valence-corrected chi connectivity index (χ2v) is 5.87. The number of rotatable bonds is 6. The number of aromatic hydroxyl groups is 1. The molecule has 136 valence electrons. The van der Waals surface area contributed by atoms with E-state index in [0.29, 0.717) is 11.3 Å². The topological polar surface area (TPSA) is 66.8 Å². The second-order valence-electron chi connectivity index (χ2n) is 5.87. The third-order valence-corrected chi connectivity index (χ3v) is 3.91. The number of ether oxygens (including phenoxy) is 1. The van der Waals surface area contributed by atoms with Gasteiger partial charge in [-0.2, -0.15) is 0 Å². The predicted molar refractivity (Wildman–Crippen MR) is 101 cm³/mol. The third-order valence-electron chi connectivity index (χ3n) is 3.91. The quantitative estimate of drug-likeness (QED) is 0.606. The van der Waals surface area contributed by atoms with Gasteiger partial charge in [0.2, 0.25) is 0 Å². The predicted octanol–water partition coefficient (Wildman–Crippen LogP) is 4.98. The van der Waals surface area contributed by atoms with Crippen molar-refractivity contribution in [2.75, 3.05) is 0 Å². The van der Waals surface area contributed by atoms with Gasteiger partial charge in [0.1, 0.15) is 29.5 Å². The van der Waals surface area contributed by atoms with Crippen LogP contribution in [0.25, 0.3) is 12.2 Å². The molecule has 0 spiro atoms. The van der Waals surface area contributed by atoms with Gasteiger partial charge in [0.05, 0.1) is 0 Å². The number of benzene rings is 3. The molecule has 0 amide bonds. The summed E-state index contributed by atoms with van der Waals surface area (Å²) in [7, 11) is 0. The van der Waals surface area contributed by atoms with Gasteiger partial charge in [-0.3, -0.25) is 0 Å². The maximum atomic E-state index is 13.0. The molecule has 4 nitrogen and oxygen atoms in total. The number of hydrogen-bond donors (Lipinski definition) is 2. The molecule has 2 N–H and O–H groups in total. The van der Waals surface area contributed by atoms with Crippen LogP contribution in [-0.4, -0.2) is 16.2 Å². The number of halogens is 1. The molecule has 3 rings (SSSR count). The molecule has 27 heavy (non-hydrogen) atoms. The Balaban J connectivity index is 1.88. The normalized spacial score (nSPS) is 10.9. The lowest BCUT2D eigenvalue weighted by Gasteiger charge is -2.11. The number of aromatic carboxylic acids is 1. The first-order chi connectivity index (χ1) is 13.0. The highest BCUT2D eigenvalue weighted by atomic mass is 19.1. The zero-order valence-corrected chi connectivity index (χ0v) is 14.3. The van der Waals surface area contributed by atoms with Crippen molar-refractivity contribution in [3.8, 4) is 11.5 Å². The van der Waals surface area contributed by atoms with Gasteiger partial charge in [-0.25, -0.2) is 9.18 Å². The van der Waals surface area contributed by atoms with E-state index in [0.717, 1.165) is 5.56 Å². The first kappa shape index (κ1) is 18.2. The van der Waals surface area contributed by atoms with Crippen molar-refractivity contribution in [2.45, 2.75) is 6.61 Å². The van der Waals surface area contributed by atoms with Crippen molar-refractivity contribution in [1.29, 1.82) is 0 Å². The van der Waals surface area contributed by atoms with Gasteiger partial charge in [-0.1, -0.05) is 54.6 Å². The average molecular weight is 364 g/mol. The zero-order chi connectivity index (χ0) is 19.2. The monoisotopic (exact) mass is 364 g/mol. The Hall–Kier alpha value is -3.60. The van der Waals surface area contributed by atoms with Crippen LogP contribution in [0.2, 0.25) is 0 Å². The van der Waals surface area contributed by atoms with Crippen molar-refractivity contribution in [2.24, 2.45) is 0 Å². The summed E-state index contributed by atoms with van der Waals surface area (Å²) in [5.74, 6) is -1.64. The van der Waals surface area contributed by atoms with E-state index >= 15 is 0 Å². The lowest BCUT2D eigenvalue weighted by atomic mass is 10.0. The van der Waals surface area contributed by atoms with Crippen LogP contribution in [0.4, 0.5) is 4.39 Å². The lowest BCUT2D eigenvalue weighted by Crippen LogP contribution is -2.02. The molecule has 3 aromatic rings. The van der Waals surface area contributed by atoms with Gasteiger partial charge in [0, 0.05) is 6.07 Å². The fourth-order valence-corrected chi connectivity index (χ4v) is 2.57. The maximum Gasteiger partial charge on any atom is 0.340 e. The molecule has 0 heterocycles. The Morgan fingerprint density at radius 3 is 2.37 bits per heavy atom. The smallest absolute Gasteiger partial charge is 0.340 e.